The smallest absolute Gasteiger partial charge is 0.223 e. The van der Waals surface area contributed by atoms with Crippen LogP contribution in [0.4, 0.5) is 5.82 Å². The van der Waals surface area contributed by atoms with Crippen molar-refractivity contribution in [3.63, 3.8) is 0 Å². The molecule has 3 aromatic heterocycles. The van der Waals surface area contributed by atoms with Gasteiger partial charge in [-0.1, -0.05) is 17.2 Å². The van der Waals surface area contributed by atoms with E-state index in [-0.39, 0.29) is 30.1 Å². The number of methoxy groups -OCH3 is 1. The first-order chi connectivity index (χ1) is 28.5. The molecule has 0 saturated heterocycles. The van der Waals surface area contributed by atoms with Gasteiger partial charge >= 0.3 is 0 Å². The number of para-hydroxylation sites is 1. The van der Waals surface area contributed by atoms with Gasteiger partial charge in [-0.2, -0.15) is 5.10 Å². The van der Waals surface area contributed by atoms with Gasteiger partial charge in [0, 0.05) is 48.2 Å². The molecule has 0 atom stereocenters. The van der Waals surface area contributed by atoms with Crippen molar-refractivity contribution in [3.05, 3.63) is 46.9 Å². The van der Waals surface area contributed by atoms with Crippen molar-refractivity contribution in [2.45, 2.75) is 38.0 Å². The average Bonchev–Trinajstić information content (AvgIpc) is 3.86. The summed E-state index contributed by atoms with van der Waals surface area (Å²) in [5.74, 6) is 1.83. The van der Waals surface area contributed by atoms with Crippen molar-refractivity contribution in [1.82, 2.24) is 35.2 Å². The predicted molar refractivity (Wildman–Crippen MR) is 213 cm³/mol. The minimum atomic E-state index is -0.119. The van der Waals surface area contributed by atoms with Gasteiger partial charge in [-0.3, -0.25) is 9.59 Å². The Morgan fingerprint density at radius 3 is 2.21 bits per heavy atom. The highest BCUT2D eigenvalue weighted by molar-refractivity contribution is 5.93. The van der Waals surface area contributed by atoms with Crippen molar-refractivity contribution in [1.29, 1.82) is 0 Å². The highest BCUT2D eigenvalue weighted by atomic mass is 16.6. The van der Waals surface area contributed by atoms with Crippen molar-refractivity contribution in [2.75, 3.05) is 112 Å². The summed E-state index contributed by atoms with van der Waals surface area (Å²) in [5.41, 5.74) is 17.5. The van der Waals surface area contributed by atoms with Crippen LogP contribution in [0.1, 0.15) is 43.8 Å². The topological polar surface area (TPSA) is 256 Å². The summed E-state index contributed by atoms with van der Waals surface area (Å²) < 4.78 is 39.9. The van der Waals surface area contributed by atoms with E-state index in [1.165, 1.54) is 6.33 Å². The molecule has 0 unspecified atom stereocenters. The number of nitrogens with one attached hydrogen (secondary N) is 3. The highest BCUT2D eigenvalue weighted by Gasteiger charge is 2.31. The minimum Gasteiger partial charge on any atom is -0.495 e. The zero-order chi connectivity index (χ0) is 40.8. The van der Waals surface area contributed by atoms with Crippen molar-refractivity contribution < 1.29 is 42.7 Å². The number of azide groups is 1. The number of aromatic nitrogens is 5. The number of benzene rings is 1. The molecule has 2 amide bonds. The van der Waals surface area contributed by atoms with Gasteiger partial charge in [-0.05, 0) is 43.3 Å². The normalized spacial score (nSPS) is 15.4. The fraction of sp³-hybridized carbons (Fsp3) is 0.605. The molecule has 0 radical (unpaired) electrons. The maximum atomic E-state index is 13.0. The molecule has 5 N–H and O–H groups in total. The minimum absolute atomic E-state index is 0.0290. The van der Waals surface area contributed by atoms with Gasteiger partial charge in [0.15, 0.2) is 5.82 Å². The molecule has 1 aliphatic rings. The number of rotatable bonds is 28. The van der Waals surface area contributed by atoms with Gasteiger partial charge in [-0.15, -0.1) is 0 Å². The molecule has 20 heteroatoms. The second-order valence-corrected chi connectivity index (χ2v) is 13.4. The molecule has 58 heavy (non-hydrogen) atoms. The largest absolute Gasteiger partial charge is 0.495 e. The molecule has 3 heterocycles. The number of carbonyl (C=O) groups excluding carboxylic acids is 2. The van der Waals surface area contributed by atoms with Crippen molar-refractivity contribution >= 4 is 34.1 Å². The first-order valence-corrected chi connectivity index (χ1v) is 19.7. The van der Waals surface area contributed by atoms with Crippen molar-refractivity contribution in [3.8, 4) is 17.1 Å². The molecular weight excluding hydrogens is 754 g/mol. The quantitative estimate of drug-likeness (QED) is 0.0279. The first kappa shape index (κ1) is 44.0. The van der Waals surface area contributed by atoms with E-state index in [9.17, 15) is 9.59 Å². The molecule has 1 fully saturated rings. The van der Waals surface area contributed by atoms with Gasteiger partial charge in [0.1, 0.15) is 29.1 Å². The SMILES string of the molecule is COc1cccc2cc(-c3nc([C@H]4CC[C@H](C(=O)NCCOCCOCCNC(=O)CCOCCOCCOCCOCCN=[N+]=[N-])CC4)n4ncnc(N)c34)[nH]c12. The van der Waals surface area contributed by atoms with E-state index in [1.54, 1.807) is 11.6 Å². The van der Waals surface area contributed by atoms with Gasteiger partial charge < -0.3 is 54.5 Å². The van der Waals surface area contributed by atoms with Gasteiger partial charge in [0.25, 0.3) is 0 Å². The Balaban J connectivity index is 0.863. The summed E-state index contributed by atoms with van der Waals surface area (Å²) in [7, 11) is 1.64. The summed E-state index contributed by atoms with van der Waals surface area (Å²) >= 11 is 0. The average molecular weight is 810 g/mol. The third-order valence-electron chi connectivity index (χ3n) is 9.52. The van der Waals surface area contributed by atoms with E-state index in [4.69, 9.17) is 49.4 Å². The van der Waals surface area contributed by atoms with Crippen LogP contribution in [-0.4, -0.2) is 142 Å². The van der Waals surface area contributed by atoms with Crippen LogP contribution >= 0.6 is 0 Å². The Hall–Kier alpha value is -5.08. The Bertz CT molecular complexity index is 1910. The number of ether oxygens (including phenoxy) is 7. The van der Waals surface area contributed by atoms with E-state index < -0.39 is 0 Å². The molecule has 0 aliphatic heterocycles. The molecular formula is C38H55N11O9. The summed E-state index contributed by atoms with van der Waals surface area (Å²) in [5, 5.41) is 14.7. The second-order valence-electron chi connectivity index (χ2n) is 13.4. The van der Waals surface area contributed by atoms with Gasteiger partial charge in [-0.25, -0.2) is 14.5 Å². The van der Waals surface area contributed by atoms with Crippen LogP contribution in [-0.2, 0) is 38.0 Å². The fourth-order valence-electron chi connectivity index (χ4n) is 6.61. The molecule has 1 aliphatic carbocycles. The number of carbonyl (C=O) groups is 2. The molecule has 1 saturated carbocycles. The Labute approximate surface area is 336 Å². The number of amides is 2. The number of nitrogen functional groups attached to an aromatic ring is 1. The number of aromatic amines is 1. The van der Waals surface area contributed by atoms with E-state index in [0.29, 0.717) is 116 Å². The lowest BCUT2D eigenvalue weighted by Crippen LogP contribution is -2.35. The molecule has 20 nitrogen and oxygen atoms in total. The summed E-state index contributed by atoms with van der Waals surface area (Å²) in [6.45, 7) is 5.78. The number of anilines is 1. The Kier molecular flexibility index (Phi) is 18.7. The summed E-state index contributed by atoms with van der Waals surface area (Å²) in [6.07, 6.45) is 4.74. The van der Waals surface area contributed by atoms with Crippen LogP contribution in [0, 0.1) is 5.92 Å². The number of hydrogen-bond donors (Lipinski definition) is 4. The van der Waals surface area contributed by atoms with Crippen LogP contribution < -0.4 is 21.1 Å². The van der Waals surface area contributed by atoms with E-state index in [2.05, 4.69) is 35.7 Å². The maximum Gasteiger partial charge on any atom is 0.223 e. The number of fused-ring (bicyclic) bond motifs is 2. The number of H-pyrrole nitrogens is 1. The van der Waals surface area contributed by atoms with Gasteiger partial charge in [0.2, 0.25) is 11.8 Å². The molecule has 1 aromatic carbocycles. The third kappa shape index (κ3) is 13.5. The monoisotopic (exact) mass is 809 g/mol. The standard InChI is InChI=1S/C38H55N11O9/c1-52-31-4-2-3-29-25-30(46-33(29)31)34-35-36(39)43-26-45-49(35)37(47-34)27-5-7-28(8-6-27)38(51)42-11-15-55-19-18-54-14-10-41-32(50)9-13-53-17-21-57-23-24-58-22-20-56-16-12-44-48-40/h2-4,25-28,46H,5-24H2,1H3,(H,41,50)(H,42,51)(H2,39,43,45)/t27-,28-. The second kappa shape index (κ2) is 24.6. The lowest BCUT2D eigenvalue weighted by atomic mass is 9.81. The van der Waals surface area contributed by atoms with Crippen LogP contribution in [0.25, 0.3) is 38.3 Å². The number of imidazole rings is 1. The lowest BCUT2D eigenvalue weighted by molar-refractivity contribution is -0.126. The van der Waals surface area contributed by atoms with E-state index in [0.717, 1.165) is 53.9 Å². The van der Waals surface area contributed by atoms with Crippen LogP contribution in [0.3, 0.4) is 0 Å². The molecule has 316 valence electrons. The van der Waals surface area contributed by atoms with Crippen molar-refractivity contribution in [2.24, 2.45) is 11.0 Å². The molecule has 0 spiro atoms. The predicted octanol–water partition coefficient (Wildman–Crippen LogP) is 3.17. The zero-order valence-corrected chi connectivity index (χ0v) is 33.1. The third-order valence-corrected chi connectivity index (χ3v) is 9.52. The summed E-state index contributed by atoms with van der Waals surface area (Å²) in [4.78, 5) is 40.3. The number of nitrogens with two attached hydrogens (primary N) is 1. The highest BCUT2D eigenvalue weighted by Crippen LogP contribution is 2.39. The molecule has 4 aromatic rings. The number of hydrogen-bond acceptors (Lipinski definition) is 14. The van der Waals surface area contributed by atoms with E-state index in [1.807, 2.05) is 24.3 Å². The van der Waals surface area contributed by atoms with Crippen LogP contribution in [0.2, 0.25) is 0 Å². The lowest BCUT2D eigenvalue weighted by Gasteiger charge is -2.26. The van der Waals surface area contributed by atoms with E-state index >= 15 is 0 Å². The number of nitrogens with zero attached hydrogens (tertiary/aromatic N) is 7. The summed E-state index contributed by atoms with van der Waals surface area (Å²) in [6, 6.07) is 7.89. The Morgan fingerprint density at radius 1 is 0.897 bits per heavy atom. The molecule has 5 rings (SSSR count). The Morgan fingerprint density at radius 2 is 1.53 bits per heavy atom. The van der Waals surface area contributed by atoms with Crippen LogP contribution in [0.5, 0.6) is 5.75 Å². The van der Waals surface area contributed by atoms with Crippen LogP contribution in [0.15, 0.2) is 35.7 Å². The maximum absolute atomic E-state index is 13.0. The first-order valence-electron chi connectivity index (χ1n) is 19.7. The zero-order valence-electron chi connectivity index (χ0n) is 33.1. The van der Waals surface area contributed by atoms with Gasteiger partial charge in [0.05, 0.1) is 97.6 Å². The molecule has 0 bridgehead atoms. The fourth-order valence-corrected chi connectivity index (χ4v) is 6.61.